The molecular weight excluding hydrogens is 266 g/mol. The van der Waals surface area contributed by atoms with Crippen LogP contribution < -0.4 is 5.56 Å². The second-order valence-corrected chi connectivity index (χ2v) is 4.20. The molecule has 0 saturated heterocycles. The van der Waals surface area contributed by atoms with Crippen LogP contribution >= 0.6 is 23.2 Å². The van der Waals surface area contributed by atoms with Crippen molar-refractivity contribution in [2.24, 2.45) is 7.05 Å². The van der Waals surface area contributed by atoms with Gasteiger partial charge in [-0.1, -0.05) is 23.2 Å². The Morgan fingerprint density at radius 1 is 1.24 bits per heavy atom. The van der Waals surface area contributed by atoms with E-state index in [0.717, 1.165) is 10.7 Å². The fourth-order valence-corrected chi connectivity index (χ4v) is 1.95. The molecule has 0 N–H and O–H groups in total. The van der Waals surface area contributed by atoms with Gasteiger partial charge in [0.05, 0.1) is 5.02 Å². The highest BCUT2D eigenvalue weighted by Crippen LogP contribution is 2.31. The van der Waals surface area contributed by atoms with Crippen LogP contribution in [-0.4, -0.2) is 9.78 Å². The first-order chi connectivity index (χ1) is 7.99. The summed E-state index contributed by atoms with van der Waals surface area (Å²) in [6.45, 7) is 0. The lowest BCUT2D eigenvalue weighted by Gasteiger charge is -2.07. The predicted molar refractivity (Wildman–Crippen MR) is 64.9 cm³/mol. The van der Waals surface area contributed by atoms with Gasteiger partial charge in [-0.3, -0.25) is 4.79 Å². The van der Waals surface area contributed by atoms with Gasteiger partial charge in [-0.2, -0.15) is 5.10 Å². The third-order valence-electron chi connectivity index (χ3n) is 2.27. The highest BCUT2D eigenvalue weighted by Gasteiger charge is 2.11. The summed E-state index contributed by atoms with van der Waals surface area (Å²) < 4.78 is 14.0. The van der Waals surface area contributed by atoms with Gasteiger partial charge in [-0.05, 0) is 18.2 Å². The number of nitrogens with zero attached hydrogens (tertiary/aromatic N) is 2. The normalized spacial score (nSPS) is 10.6. The third-order valence-corrected chi connectivity index (χ3v) is 2.86. The SMILES string of the molecule is Cn1nc(Cl)c(-c2ccc(F)cc2Cl)cc1=O. The zero-order valence-electron chi connectivity index (χ0n) is 8.75. The van der Waals surface area contributed by atoms with Crippen molar-refractivity contribution in [2.75, 3.05) is 0 Å². The van der Waals surface area contributed by atoms with Crippen molar-refractivity contribution in [3.63, 3.8) is 0 Å². The van der Waals surface area contributed by atoms with Crippen LogP contribution in [0.3, 0.4) is 0 Å². The Kier molecular flexibility index (Phi) is 3.17. The molecule has 6 heteroatoms. The molecule has 2 aromatic rings. The number of rotatable bonds is 1. The second-order valence-electron chi connectivity index (χ2n) is 3.43. The smallest absolute Gasteiger partial charge is 0.267 e. The van der Waals surface area contributed by atoms with Gasteiger partial charge in [0.25, 0.3) is 5.56 Å². The third kappa shape index (κ3) is 2.33. The molecule has 0 fully saturated rings. The summed E-state index contributed by atoms with van der Waals surface area (Å²) in [4.78, 5) is 11.5. The second kappa shape index (κ2) is 4.47. The van der Waals surface area contributed by atoms with E-state index in [-0.39, 0.29) is 15.7 Å². The standard InChI is InChI=1S/C11H7Cl2FN2O/c1-16-10(17)5-8(11(13)15-16)7-3-2-6(14)4-9(7)12/h2-5H,1H3. The fourth-order valence-electron chi connectivity index (χ4n) is 1.41. The quantitative estimate of drug-likeness (QED) is 0.800. The van der Waals surface area contributed by atoms with Gasteiger partial charge in [-0.15, -0.1) is 0 Å². The Balaban J connectivity index is 2.68. The number of aromatic nitrogens is 2. The molecule has 0 amide bonds. The van der Waals surface area contributed by atoms with E-state index >= 15 is 0 Å². The van der Waals surface area contributed by atoms with Crippen LogP contribution in [0.4, 0.5) is 4.39 Å². The maximum absolute atomic E-state index is 12.9. The molecule has 0 aliphatic rings. The van der Waals surface area contributed by atoms with Crippen molar-refractivity contribution in [3.8, 4) is 11.1 Å². The summed E-state index contributed by atoms with van der Waals surface area (Å²) in [5.74, 6) is -0.452. The average molecular weight is 273 g/mol. The van der Waals surface area contributed by atoms with E-state index in [2.05, 4.69) is 5.10 Å². The fraction of sp³-hybridized carbons (Fsp3) is 0.0909. The Morgan fingerprint density at radius 2 is 1.94 bits per heavy atom. The molecule has 0 radical (unpaired) electrons. The first kappa shape index (κ1) is 12.1. The van der Waals surface area contributed by atoms with Crippen LogP contribution in [0, 0.1) is 5.82 Å². The zero-order valence-corrected chi connectivity index (χ0v) is 10.3. The monoisotopic (exact) mass is 272 g/mol. The van der Waals surface area contributed by atoms with E-state index in [1.807, 2.05) is 0 Å². The van der Waals surface area contributed by atoms with Crippen LogP contribution in [0.2, 0.25) is 10.2 Å². The molecule has 0 bridgehead atoms. The maximum atomic E-state index is 12.9. The van der Waals surface area contributed by atoms with Gasteiger partial charge in [0, 0.05) is 24.2 Å². The molecule has 1 heterocycles. The highest BCUT2D eigenvalue weighted by molar-refractivity contribution is 6.35. The van der Waals surface area contributed by atoms with Gasteiger partial charge in [-0.25, -0.2) is 9.07 Å². The zero-order chi connectivity index (χ0) is 12.6. The van der Waals surface area contributed by atoms with Gasteiger partial charge in [0.2, 0.25) is 0 Å². The Bertz CT molecular complexity index is 640. The van der Waals surface area contributed by atoms with Crippen molar-refractivity contribution in [1.29, 1.82) is 0 Å². The van der Waals surface area contributed by atoms with Crippen molar-refractivity contribution < 1.29 is 4.39 Å². The summed E-state index contributed by atoms with van der Waals surface area (Å²) in [5.41, 5.74) is 0.549. The largest absolute Gasteiger partial charge is 0.268 e. The first-order valence-electron chi connectivity index (χ1n) is 4.68. The van der Waals surface area contributed by atoms with Gasteiger partial charge >= 0.3 is 0 Å². The molecule has 88 valence electrons. The van der Waals surface area contributed by atoms with Crippen LogP contribution in [0.25, 0.3) is 11.1 Å². The molecule has 17 heavy (non-hydrogen) atoms. The molecule has 0 aliphatic heterocycles. The summed E-state index contributed by atoms with van der Waals surface area (Å²) in [6, 6.07) is 5.17. The minimum absolute atomic E-state index is 0.139. The van der Waals surface area contributed by atoms with Gasteiger partial charge < -0.3 is 0 Å². The minimum Gasteiger partial charge on any atom is -0.268 e. The predicted octanol–water partition coefficient (Wildman–Crippen LogP) is 2.89. The van der Waals surface area contributed by atoms with Gasteiger partial charge in [0.15, 0.2) is 5.15 Å². The van der Waals surface area contributed by atoms with Crippen molar-refractivity contribution in [1.82, 2.24) is 9.78 Å². The minimum atomic E-state index is -0.452. The van der Waals surface area contributed by atoms with Crippen LogP contribution in [0.15, 0.2) is 29.1 Å². The molecule has 1 aromatic carbocycles. The Hall–Kier alpha value is -1.39. The van der Waals surface area contributed by atoms with Crippen molar-refractivity contribution in [2.45, 2.75) is 0 Å². The molecular formula is C11H7Cl2FN2O. The van der Waals surface area contributed by atoms with E-state index in [4.69, 9.17) is 23.2 Å². The Labute approximate surface area is 106 Å². The summed E-state index contributed by atoms with van der Waals surface area (Å²) in [7, 11) is 1.49. The van der Waals surface area contributed by atoms with Crippen LogP contribution in [-0.2, 0) is 7.05 Å². The number of aryl methyl sites for hydroxylation is 1. The molecule has 0 aliphatic carbocycles. The van der Waals surface area contributed by atoms with E-state index in [1.54, 1.807) is 0 Å². The maximum Gasteiger partial charge on any atom is 0.267 e. The molecule has 2 rings (SSSR count). The summed E-state index contributed by atoms with van der Waals surface area (Å²) >= 11 is 11.8. The van der Waals surface area contributed by atoms with Crippen LogP contribution in [0.5, 0.6) is 0 Å². The van der Waals surface area contributed by atoms with E-state index in [1.165, 1.54) is 25.2 Å². The lowest BCUT2D eigenvalue weighted by atomic mass is 10.1. The number of hydrogen-bond donors (Lipinski definition) is 0. The summed E-state index contributed by atoms with van der Waals surface area (Å²) in [5, 5.41) is 4.15. The average Bonchev–Trinajstić information content (AvgIpc) is 2.24. The van der Waals surface area contributed by atoms with E-state index in [0.29, 0.717) is 11.1 Å². The topological polar surface area (TPSA) is 34.9 Å². The molecule has 3 nitrogen and oxygen atoms in total. The van der Waals surface area contributed by atoms with E-state index in [9.17, 15) is 9.18 Å². The van der Waals surface area contributed by atoms with Gasteiger partial charge in [0.1, 0.15) is 5.82 Å². The van der Waals surface area contributed by atoms with Crippen molar-refractivity contribution >= 4 is 23.2 Å². The number of benzene rings is 1. The van der Waals surface area contributed by atoms with Crippen molar-refractivity contribution in [3.05, 3.63) is 50.6 Å². The Morgan fingerprint density at radius 3 is 2.59 bits per heavy atom. The number of halogens is 3. The molecule has 0 saturated carbocycles. The molecule has 0 atom stereocenters. The lowest BCUT2D eigenvalue weighted by molar-refractivity contribution is 0.628. The van der Waals surface area contributed by atoms with E-state index < -0.39 is 5.82 Å². The summed E-state index contributed by atoms with van der Waals surface area (Å²) in [6.07, 6.45) is 0. The van der Waals surface area contributed by atoms with Crippen LogP contribution in [0.1, 0.15) is 0 Å². The molecule has 0 unspecified atom stereocenters. The number of hydrogen-bond acceptors (Lipinski definition) is 2. The first-order valence-corrected chi connectivity index (χ1v) is 5.44. The lowest BCUT2D eigenvalue weighted by Crippen LogP contribution is -2.18. The molecule has 0 spiro atoms. The highest BCUT2D eigenvalue weighted by atomic mass is 35.5. The molecule has 1 aromatic heterocycles.